The van der Waals surface area contributed by atoms with Gasteiger partial charge in [-0.15, -0.1) is 17.5 Å². The molecule has 0 bridgehead atoms. The monoisotopic (exact) mass is 404 g/mol. The molecule has 4 rings (SSSR count). The molecule has 0 aliphatic heterocycles. The van der Waals surface area contributed by atoms with E-state index in [0.717, 1.165) is 11.4 Å². The molecule has 0 radical (unpaired) electrons. The van der Waals surface area contributed by atoms with Gasteiger partial charge in [0.25, 0.3) is 0 Å². The fourth-order valence-electron chi connectivity index (χ4n) is 3.51. The third kappa shape index (κ3) is 3.87. The molecule has 148 valence electrons. The highest BCUT2D eigenvalue weighted by Crippen LogP contribution is 2.35. The van der Waals surface area contributed by atoms with Crippen LogP contribution in [0.25, 0.3) is 17.1 Å². The van der Waals surface area contributed by atoms with Crippen LogP contribution >= 0.6 is 12.4 Å². The van der Waals surface area contributed by atoms with Crippen LogP contribution in [0.15, 0.2) is 48.5 Å². The molecule has 2 aromatic carbocycles. The van der Waals surface area contributed by atoms with Gasteiger partial charge in [-0.1, -0.05) is 12.1 Å². The van der Waals surface area contributed by atoms with Crippen LogP contribution < -0.4 is 10.5 Å². The number of halogens is 2. The standard InChI is InChI=1S/C20H21FN4O2.ClH/c1-27-16-7-5-15(6-8-16)25-20(13-10-17(22)18(26)11-13)23-19(24-25)12-3-2-4-14(21)9-12;/h2-9,13,17-18,26H,10-11,22H2,1H3;1H/t13-,17+,18+;/m0./s1. The molecule has 8 heteroatoms. The van der Waals surface area contributed by atoms with E-state index in [1.807, 2.05) is 24.3 Å². The number of hydrogen-bond acceptors (Lipinski definition) is 5. The first-order valence-corrected chi connectivity index (χ1v) is 8.86. The van der Waals surface area contributed by atoms with Crippen LogP contribution in [0.5, 0.6) is 5.75 Å². The molecule has 1 fully saturated rings. The lowest BCUT2D eigenvalue weighted by Crippen LogP contribution is -2.28. The number of nitrogens with two attached hydrogens (primary N) is 1. The number of aliphatic hydroxyl groups excluding tert-OH is 1. The first-order valence-electron chi connectivity index (χ1n) is 8.86. The van der Waals surface area contributed by atoms with Crippen molar-refractivity contribution >= 4 is 12.4 Å². The summed E-state index contributed by atoms with van der Waals surface area (Å²) in [6.45, 7) is 0. The van der Waals surface area contributed by atoms with E-state index in [9.17, 15) is 9.50 Å². The maximum absolute atomic E-state index is 13.6. The predicted octanol–water partition coefficient (Wildman–Crippen LogP) is 3.07. The van der Waals surface area contributed by atoms with Crippen molar-refractivity contribution in [2.75, 3.05) is 7.11 Å². The highest BCUT2D eigenvalue weighted by Gasteiger charge is 2.35. The third-order valence-electron chi connectivity index (χ3n) is 4.97. The Hall–Kier alpha value is -2.48. The molecule has 28 heavy (non-hydrogen) atoms. The highest BCUT2D eigenvalue weighted by molar-refractivity contribution is 5.85. The first-order chi connectivity index (χ1) is 13.0. The van der Waals surface area contributed by atoms with Crippen molar-refractivity contribution in [2.45, 2.75) is 30.9 Å². The van der Waals surface area contributed by atoms with E-state index in [1.165, 1.54) is 12.1 Å². The minimum absolute atomic E-state index is 0. The van der Waals surface area contributed by atoms with Crippen LogP contribution in [0.3, 0.4) is 0 Å². The summed E-state index contributed by atoms with van der Waals surface area (Å²) < 4.78 is 20.6. The Morgan fingerprint density at radius 3 is 2.54 bits per heavy atom. The second kappa shape index (κ2) is 8.26. The second-order valence-corrected chi connectivity index (χ2v) is 6.81. The zero-order valence-electron chi connectivity index (χ0n) is 15.3. The smallest absolute Gasteiger partial charge is 0.181 e. The average Bonchev–Trinajstić information content (AvgIpc) is 3.26. The summed E-state index contributed by atoms with van der Waals surface area (Å²) in [5.74, 6) is 1.53. The van der Waals surface area contributed by atoms with Gasteiger partial charge in [-0.3, -0.25) is 0 Å². The topological polar surface area (TPSA) is 86.2 Å². The van der Waals surface area contributed by atoms with Crippen molar-refractivity contribution in [3.8, 4) is 22.8 Å². The molecule has 3 aromatic rings. The van der Waals surface area contributed by atoms with Gasteiger partial charge in [-0.05, 0) is 49.2 Å². The lowest BCUT2D eigenvalue weighted by Gasteiger charge is -2.11. The number of aliphatic hydroxyl groups is 1. The number of benzene rings is 2. The fourth-order valence-corrected chi connectivity index (χ4v) is 3.51. The lowest BCUT2D eigenvalue weighted by atomic mass is 10.1. The van der Waals surface area contributed by atoms with E-state index in [2.05, 4.69) is 10.1 Å². The highest BCUT2D eigenvalue weighted by atomic mass is 35.5. The van der Waals surface area contributed by atoms with Crippen molar-refractivity contribution in [1.82, 2.24) is 14.8 Å². The zero-order valence-corrected chi connectivity index (χ0v) is 16.1. The van der Waals surface area contributed by atoms with Gasteiger partial charge in [-0.25, -0.2) is 14.1 Å². The Labute approximate surface area is 168 Å². The Morgan fingerprint density at radius 1 is 1.18 bits per heavy atom. The van der Waals surface area contributed by atoms with Crippen molar-refractivity contribution < 1.29 is 14.2 Å². The van der Waals surface area contributed by atoms with Gasteiger partial charge in [0.2, 0.25) is 0 Å². The molecular weight excluding hydrogens is 383 g/mol. The molecule has 6 nitrogen and oxygen atoms in total. The van der Waals surface area contributed by atoms with E-state index in [0.29, 0.717) is 30.1 Å². The Bertz CT molecular complexity index is 938. The maximum Gasteiger partial charge on any atom is 0.181 e. The summed E-state index contributed by atoms with van der Waals surface area (Å²) in [6.07, 6.45) is 0.589. The van der Waals surface area contributed by atoms with E-state index in [4.69, 9.17) is 10.5 Å². The molecule has 1 aromatic heterocycles. The second-order valence-electron chi connectivity index (χ2n) is 6.81. The molecule has 3 N–H and O–H groups in total. The quantitative estimate of drug-likeness (QED) is 0.698. The van der Waals surface area contributed by atoms with E-state index in [-0.39, 0.29) is 30.2 Å². The van der Waals surface area contributed by atoms with Crippen LogP contribution in [-0.2, 0) is 0 Å². The minimum Gasteiger partial charge on any atom is -0.497 e. The van der Waals surface area contributed by atoms with Gasteiger partial charge in [0.15, 0.2) is 5.82 Å². The predicted molar refractivity (Wildman–Crippen MR) is 107 cm³/mol. The Balaban J connectivity index is 0.00000225. The van der Waals surface area contributed by atoms with Gasteiger partial charge in [0, 0.05) is 17.5 Å². The lowest BCUT2D eigenvalue weighted by molar-refractivity contribution is 0.163. The summed E-state index contributed by atoms with van der Waals surface area (Å²) in [5.41, 5.74) is 7.42. The SMILES string of the molecule is COc1ccc(-n2nc(-c3cccc(F)c3)nc2[C@H]2C[C@@H](N)[C@H](O)C2)cc1.Cl. The number of aromatic nitrogens is 3. The van der Waals surface area contributed by atoms with Crippen LogP contribution in [0.2, 0.25) is 0 Å². The molecule has 0 saturated heterocycles. The molecular formula is C20H22ClFN4O2. The number of ether oxygens (including phenoxy) is 1. The number of rotatable bonds is 4. The van der Waals surface area contributed by atoms with Crippen molar-refractivity contribution in [3.63, 3.8) is 0 Å². The van der Waals surface area contributed by atoms with Crippen LogP contribution in [0.4, 0.5) is 4.39 Å². The molecule has 0 amide bonds. The Morgan fingerprint density at radius 2 is 1.93 bits per heavy atom. The fraction of sp³-hybridized carbons (Fsp3) is 0.300. The van der Waals surface area contributed by atoms with Gasteiger partial charge in [-0.2, -0.15) is 0 Å². The summed E-state index contributed by atoms with van der Waals surface area (Å²) in [6, 6.07) is 13.4. The van der Waals surface area contributed by atoms with Crippen LogP contribution in [0, 0.1) is 5.82 Å². The normalized spacial score (nSPS) is 21.4. The molecule has 1 heterocycles. The Kier molecular flexibility index (Phi) is 5.98. The number of methoxy groups -OCH3 is 1. The van der Waals surface area contributed by atoms with Crippen molar-refractivity contribution in [1.29, 1.82) is 0 Å². The van der Waals surface area contributed by atoms with Crippen LogP contribution in [0.1, 0.15) is 24.6 Å². The van der Waals surface area contributed by atoms with E-state index < -0.39 is 6.10 Å². The maximum atomic E-state index is 13.6. The summed E-state index contributed by atoms with van der Waals surface area (Å²) in [4.78, 5) is 4.68. The molecule has 3 atom stereocenters. The summed E-state index contributed by atoms with van der Waals surface area (Å²) in [7, 11) is 1.61. The van der Waals surface area contributed by atoms with Crippen LogP contribution in [-0.4, -0.2) is 39.1 Å². The van der Waals surface area contributed by atoms with E-state index in [1.54, 1.807) is 23.9 Å². The third-order valence-corrected chi connectivity index (χ3v) is 4.97. The zero-order chi connectivity index (χ0) is 19.0. The van der Waals surface area contributed by atoms with Gasteiger partial charge >= 0.3 is 0 Å². The minimum atomic E-state index is -0.561. The first kappa shape index (κ1) is 20.3. The molecule has 1 aliphatic carbocycles. The molecule has 0 unspecified atom stereocenters. The van der Waals surface area contributed by atoms with Gasteiger partial charge < -0.3 is 15.6 Å². The average molecular weight is 405 g/mol. The molecule has 1 saturated carbocycles. The summed E-state index contributed by atoms with van der Waals surface area (Å²) in [5, 5.41) is 14.7. The largest absolute Gasteiger partial charge is 0.497 e. The molecule has 1 aliphatic rings. The van der Waals surface area contributed by atoms with Crippen molar-refractivity contribution in [3.05, 3.63) is 60.2 Å². The van der Waals surface area contributed by atoms with Gasteiger partial charge in [0.05, 0.1) is 18.9 Å². The van der Waals surface area contributed by atoms with E-state index >= 15 is 0 Å². The van der Waals surface area contributed by atoms with Crippen molar-refractivity contribution in [2.24, 2.45) is 5.73 Å². The summed E-state index contributed by atoms with van der Waals surface area (Å²) >= 11 is 0. The number of nitrogens with zero attached hydrogens (tertiary/aromatic N) is 3. The number of hydrogen-bond donors (Lipinski definition) is 2. The molecule has 0 spiro atoms. The van der Waals surface area contributed by atoms with Gasteiger partial charge in [0.1, 0.15) is 17.4 Å².